The number of hydrogen-bond acceptors (Lipinski definition) is 3. The van der Waals surface area contributed by atoms with Crippen molar-refractivity contribution in [1.82, 2.24) is 9.55 Å². The van der Waals surface area contributed by atoms with Gasteiger partial charge in [0.2, 0.25) is 0 Å². The third-order valence-electron chi connectivity index (χ3n) is 3.64. The van der Waals surface area contributed by atoms with Gasteiger partial charge in [-0.2, -0.15) is 11.8 Å². The van der Waals surface area contributed by atoms with Gasteiger partial charge in [0.1, 0.15) is 0 Å². The molecule has 0 amide bonds. The third-order valence-corrected chi connectivity index (χ3v) is 4.69. The summed E-state index contributed by atoms with van der Waals surface area (Å²) in [6, 6.07) is 5.60. The number of aromatic amines is 1. The lowest BCUT2D eigenvalue weighted by Crippen LogP contribution is -2.39. The summed E-state index contributed by atoms with van der Waals surface area (Å²) < 4.78 is 1.41. The monoisotopic (exact) mass is 276 g/mol. The van der Waals surface area contributed by atoms with Crippen LogP contribution < -0.4 is 11.2 Å². The average molecular weight is 276 g/mol. The number of nitrogens with one attached hydrogen (secondary N) is 1. The number of fused-ring (bicyclic) bond motifs is 1. The van der Waals surface area contributed by atoms with Crippen molar-refractivity contribution < 1.29 is 0 Å². The highest BCUT2D eigenvalue weighted by Crippen LogP contribution is 2.25. The molecule has 1 fully saturated rings. The molecule has 2 aromatic rings. The lowest BCUT2D eigenvalue weighted by Gasteiger charge is -2.22. The van der Waals surface area contributed by atoms with E-state index in [2.05, 4.69) is 4.98 Å². The van der Waals surface area contributed by atoms with Crippen molar-refractivity contribution >= 4 is 22.7 Å². The largest absolute Gasteiger partial charge is 0.329 e. The molecule has 0 spiro atoms. The Morgan fingerprint density at radius 1 is 1.26 bits per heavy atom. The molecule has 4 nitrogen and oxygen atoms in total. The average Bonchev–Trinajstić information content (AvgIpc) is 2.39. The first-order chi connectivity index (χ1) is 9.16. The molecular weight excluding hydrogens is 260 g/mol. The van der Waals surface area contributed by atoms with Crippen LogP contribution in [0.25, 0.3) is 10.9 Å². The summed E-state index contributed by atoms with van der Waals surface area (Å²) in [6.07, 6.45) is 1.79. The van der Waals surface area contributed by atoms with Gasteiger partial charge in [-0.05, 0) is 49.0 Å². The minimum atomic E-state index is -0.278. The lowest BCUT2D eigenvalue weighted by atomic mass is 10.1. The molecule has 5 heteroatoms. The Labute approximate surface area is 114 Å². The van der Waals surface area contributed by atoms with E-state index < -0.39 is 0 Å². The Balaban J connectivity index is 2.22. The number of H-pyrrole nitrogens is 1. The van der Waals surface area contributed by atoms with Gasteiger partial charge in [-0.15, -0.1) is 0 Å². The first-order valence-corrected chi connectivity index (χ1v) is 7.65. The quantitative estimate of drug-likeness (QED) is 0.867. The third kappa shape index (κ3) is 2.23. The maximum Gasteiger partial charge on any atom is 0.329 e. The standard InChI is InChI=1S/C14H16N2O2S/c1-9-2-3-11-12(8-9)15-14(18)16(13(11)17)10-4-6-19-7-5-10/h2-3,8,10H,4-7H2,1H3,(H,15,18). The lowest BCUT2D eigenvalue weighted by molar-refractivity contribution is 0.441. The van der Waals surface area contributed by atoms with E-state index in [0.29, 0.717) is 10.9 Å². The highest BCUT2D eigenvalue weighted by molar-refractivity contribution is 7.99. The van der Waals surface area contributed by atoms with Crippen molar-refractivity contribution in [3.63, 3.8) is 0 Å². The minimum absolute atomic E-state index is 0.0446. The van der Waals surface area contributed by atoms with Gasteiger partial charge in [-0.25, -0.2) is 4.79 Å². The Kier molecular flexibility index (Phi) is 3.22. The molecule has 1 aliphatic heterocycles. The van der Waals surface area contributed by atoms with Gasteiger partial charge in [-0.3, -0.25) is 9.36 Å². The van der Waals surface area contributed by atoms with E-state index in [0.717, 1.165) is 29.9 Å². The zero-order valence-electron chi connectivity index (χ0n) is 10.8. The topological polar surface area (TPSA) is 54.9 Å². The van der Waals surface area contributed by atoms with Crippen LogP contribution in [0.1, 0.15) is 24.4 Å². The first kappa shape index (κ1) is 12.5. The van der Waals surface area contributed by atoms with Crippen molar-refractivity contribution in [3.05, 3.63) is 44.6 Å². The number of thioether (sulfide) groups is 1. The Morgan fingerprint density at radius 3 is 2.74 bits per heavy atom. The van der Waals surface area contributed by atoms with Gasteiger partial charge in [-0.1, -0.05) is 6.07 Å². The molecule has 2 heterocycles. The van der Waals surface area contributed by atoms with E-state index in [4.69, 9.17) is 0 Å². The predicted octanol–water partition coefficient (Wildman–Crippen LogP) is 2.07. The molecule has 0 aliphatic carbocycles. The van der Waals surface area contributed by atoms with Crippen molar-refractivity contribution in [2.24, 2.45) is 0 Å². The summed E-state index contributed by atoms with van der Waals surface area (Å²) in [5.74, 6) is 2.03. The maximum absolute atomic E-state index is 12.5. The van der Waals surface area contributed by atoms with Gasteiger partial charge in [0.15, 0.2) is 0 Å². The van der Waals surface area contributed by atoms with E-state index in [1.165, 1.54) is 4.57 Å². The number of benzene rings is 1. The van der Waals surface area contributed by atoms with Crippen LogP contribution in [0.5, 0.6) is 0 Å². The molecule has 19 heavy (non-hydrogen) atoms. The van der Waals surface area contributed by atoms with Crippen LogP contribution in [-0.2, 0) is 0 Å². The van der Waals surface area contributed by atoms with Crippen molar-refractivity contribution in [2.75, 3.05) is 11.5 Å². The van der Waals surface area contributed by atoms with E-state index in [-0.39, 0.29) is 17.3 Å². The Morgan fingerprint density at radius 2 is 2.00 bits per heavy atom. The van der Waals surface area contributed by atoms with Crippen LogP contribution >= 0.6 is 11.8 Å². The summed E-state index contributed by atoms with van der Waals surface area (Å²) in [6.45, 7) is 1.95. The number of rotatable bonds is 1. The molecule has 3 rings (SSSR count). The second kappa shape index (κ2) is 4.89. The fourth-order valence-electron chi connectivity index (χ4n) is 2.62. The summed E-state index contributed by atoms with van der Waals surface area (Å²) in [4.78, 5) is 27.5. The first-order valence-electron chi connectivity index (χ1n) is 6.50. The normalized spacial score (nSPS) is 16.9. The van der Waals surface area contributed by atoms with E-state index >= 15 is 0 Å². The molecule has 1 saturated heterocycles. The second-order valence-electron chi connectivity index (χ2n) is 5.00. The summed E-state index contributed by atoms with van der Waals surface area (Å²) in [5, 5.41) is 0.600. The smallest absolute Gasteiger partial charge is 0.307 e. The fourth-order valence-corrected chi connectivity index (χ4v) is 3.70. The van der Waals surface area contributed by atoms with Crippen molar-refractivity contribution in [1.29, 1.82) is 0 Å². The second-order valence-corrected chi connectivity index (χ2v) is 6.22. The van der Waals surface area contributed by atoms with E-state index in [1.54, 1.807) is 6.07 Å². The SMILES string of the molecule is Cc1ccc2c(=O)n(C3CCSCC3)c(=O)[nH]c2c1. The number of hydrogen-bond donors (Lipinski definition) is 1. The summed E-state index contributed by atoms with van der Waals surface area (Å²) in [7, 11) is 0. The van der Waals surface area contributed by atoms with Gasteiger partial charge in [0.25, 0.3) is 5.56 Å². The van der Waals surface area contributed by atoms with E-state index in [1.807, 2.05) is 30.8 Å². The van der Waals surface area contributed by atoms with Crippen LogP contribution in [0.2, 0.25) is 0 Å². The van der Waals surface area contributed by atoms with Crippen LogP contribution in [0.4, 0.5) is 0 Å². The Bertz CT molecular complexity index is 726. The molecule has 100 valence electrons. The molecule has 0 bridgehead atoms. The maximum atomic E-state index is 12.5. The van der Waals surface area contributed by atoms with Crippen LogP contribution in [-0.4, -0.2) is 21.1 Å². The predicted molar refractivity (Wildman–Crippen MR) is 79.2 cm³/mol. The van der Waals surface area contributed by atoms with Crippen molar-refractivity contribution in [3.8, 4) is 0 Å². The molecule has 1 N–H and O–H groups in total. The van der Waals surface area contributed by atoms with Gasteiger partial charge < -0.3 is 4.98 Å². The van der Waals surface area contributed by atoms with Crippen molar-refractivity contribution in [2.45, 2.75) is 25.8 Å². The minimum Gasteiger partial charge on any atom is -0.307 e. The van der Waals surface area contributed by atoms with Gasteiger partial charge in [0.05, 0.1) is 10.9 Å². The van der Waals surface area contributed by atoms with E-state index in [9.17, 15) is 9.59 Å². The highest BCUT2D eigenvalue weighted by atomic mass is 32.2. The highest BCUT2D eigenvalue weighted by Gasteiger charge is 2.20. The molecule has 0 unspecified atom stereocenters. The molecule has 0 radical (unpaired) electrons. The number of aromatic nitrogens is 2. The van der Waals surface area contributed by atoms with Gasteiger partial charge in [0, 0.05) is 6.04 Å². The summed E-state index contributed by atoms with van der Waals surface area (Å²) >= 11 is 1.88. The molecule has 0 atom stereocenters. The van der Waals surface area contributed by atoms with Gasteiger partial charge >= 0.3 is 5.69 Å². The fraction of sp³-hybridized carbons (Fsp3) is 0.429. The number of aryl methyl sites for hydroxylation is 1. The molecule has 0 saturated carbocycles. The zero-order valence-corrected chi connectivity index (χ0v) is 11.6. The van der Waals surface area contributed by atoms with Crippen LogP contribution in [0, 0.1) is 6.92 Å². The van der Waals surface area contributed by atoms with Crippen LogP contribution in [0.15, 0.2) is 27.8 Å². The van der Waals surface area contributed by atoms with Crippen LogP contribution in [0.3, 0.4) is 0 Å². The Hall–Kier alpha value is -1.49. The number of nitrogens with zero attached hydrogens (tertiary/aromatic N) is 1. The zero-order chi connectivity index (χ0) is 13.4. The molecule has 1 aromatic heterocycles. The molecular formula is C14H16N2O2S. The summed E-state index contributed by atoms with van der Waals surface area (Å²) in [5.41, 5.74) is 1.24. The molecule has 1 aliphatic rings. The molecule has 1 aromatic carbocycles.